The average molecular weight is 701 g/mol. The summed E-state index contributed by atoms with van der Waals surface area (Å²) >= 11 is 0. The molecule has 0 aliphatic heterocycles. The zero-order valence-corrected chi connectivity index (χ0v) is 31.5. The van der Waals surface area contributed by atoms with E-state index in [1.165, 1.54) is 0 Å². The van der Waals surface area contributed by atoms with Crippen LogP contribution in [0.15, 0.2) is 134 Å². The molecule has 0 aromatic rings. The van der Waals surface area contributed by atoms with E-state index < -0.39 is 18.0 Å². The molecule has 0 saturated carbocycles. The molecule has 1 atom stereocenters. The van der Waals surface area contributed by atoms with E-state index in [-0.39, 0.29) is 38.4 Å². The van der Waals surface area contributed by atoms with Crippen LogP contribution >= 0.6 is 0 Å². The number of rotatable bonds is 30. The molecule has 0 N–H and O–H groups in total. The third-order valence-corrected chi connectivity index (χ3v) is 6.82. The van der Waals surface area contributed by atoms with Crippen molar-refractivity contribution in [3.8, 4) is 0 Å². The van der Waals surface area contributed by atoms with E-state index in [0.717, 1.165) is 57.8 Å². The van der Waals surface area contributed by atoms with Crippen LogP contribution in [0.4, 0.5) is 0 Å². The highest BCUT2D eigenvalue weighted by molar-refractivity contribution is 5.72. The van der Waals surface area contributed by atoms with Crippen LogP contribution in [-0.4, -0.2) is 37.2 Å². The minimum atomic E-state index is -0.880. The van der Waals surface area contributed by atoms with Gasteiger partial charge in [0.25, 0.3) is 0 Å². The molecule has 0 saturated heterocycles. The fourth-order valence-corrected chi connectivity index (χ4v) is 4.11. The number of hydrogen-bond acceptors (Lipinski definition) is 6. The molecule has 1 unspecified atom stereocenters. The van der Waals surface area contributed by atoms with E-state index in [1.807, 2.05) is 72.9 Å². The van der Waals surface area contributed by atoms with Crippen LogP contribution in [0.5, 0.6) is 0 Å². The van der Waals surface area contributed by atoms with Crippen LogP contribution in [0.2, 0.25) is 0 Å². The van der Waals surface area contributed by atoms with Crippen molar-refractivity contribution in [2.45, 2.75) is 117 Å². The summed E-state index contributed by atoms with van der Waals surface area (Å²) in [5.41, 5.74) is 0. The van der Waals surface area contributed by atoms with Crippen LogP contribution in [0.1, 0.15) is 111 Å². The number of ether oxygens (including phenoxy) is 3. The molecular weight excluding hydrogens is 636 g/mol. The van der Waals surface area contributed by atoms with Gasteiger partial charge in [0.2, 0.25) is 0 Å². The number of allylic oxidation sites excluding steroid dienone is 20. The normalized spacial score (nSPS) is 13.5. The maximum Gasteiger partial charge on any atom is 0.310 e. The maximum atomic E-state index is 12.5. The lowest BCUT2D eigenvalue weighted by Crippen LogP contribution is -2.30. The lowest BCUT2D eigenvalue weighted by atomic mass is 10.1. The van der Waals surface area contributed by atoms with E-state index in [1.54, 1.807) is 12.2 Å². The molecule has 0 aliphatic carbocycles. The molecule has 0 aromatic carbocycles. The zero-order chi connectivity index (χ0) is 37.3. The molecule has 0 spiro atoms. The first-order valence-electron chi connectivity index (χ1n) is 18.8. The quantitative estimate of drug-likeness (QED) is 0.0244. The predicted octanol–water partition coefficient (Wildman–Crippen LogP) is 11.6. The van der Waals surface area contributed by atoms with Gasteiger partial charge in [-0.05, 0) is 64.2 Å². The Hall–Kier alpha value is -4.45. The lowest BCUT2D eigenvalue weighted by molar-refractivity contribution is -0.166. The Labute approximate surface area is 309 Å². The second-order valence-electron chi connectivity index (χ2n) is 11.5. The Balaban J connectivity index is 4.66. The summed E-state index contributed by atoms with van der Waals surface area (Å²) < 4.78 is 16.3. The molecular formula is C45H64O6. The number of hydrogen-bond donors (Lipinski definition) is 0. The SMILES string of the molecule is CC\C=C/C=C\C=C/C=C\C=C/CCCCCC(=O)OCC(COC(=O)C/C=C\C/C=C\C/C=C\CC)OC(=O)C/C=C\C/C=C\C/C=C\CC. The number of unbranched alkanes of at least 4 members (excludes halogenated alkanes) is 3. The van der Waals surface area contributed by atoms with E-state index in [9.17, 15) is 14.4 Å². The Bertz CT molecular complexity index is 1220. The van der Waals surface area contributed by atoms with Gasteiger partial charge < -0.3 is 14.2 Å². The van der Waals surface area contributed by atoms with Gasteiger partial charge in [0.1, 0.15) is 13.2 Å². The highest BCUT2D eigenvalue weighted by Gasteiger charge is 2.18. The summed E-state index contributed by atoms with van der Waals surface area (Å²) in [7, 11) is 0. The summed E-state index contributed by atoms with van der Waals surface area (Å²) in [5, 5.41) is 0. The van der Waals surface area contributed by atoms with Gasteiger partial charge >= 0.3 is 17.9 Å². The van der Waals surface area contributed by atoms with Gasteiger partial charge in [0.15, 0.2) is 6.10 Å². The summed E-state index contributed by atoms with van der Waals surface area (Å²) in [6.45, 7) is 5.95. The van der Waals surface area contributed by atoms with Gasteiger partial charge in [0, 0.05) is 6.42 Å². The Morgan fingerprint density at radius 3 is 1.39 bits per heavy atom. The van der Waals surface area contributed by atoms with Crippen molar-refractivity contribution in [2.75, 3.05) is 13.2 Å². The van der Waals surface area contributed by atoms with Gasteiger partial charge in [-0.3, -0.25) is 14.4 Å². The predicted molar refractivity (Wildman–Crippen MR) is 214 cm³/mol. The van der Waals surface area contributed by atoms with Gasteiger partial charge in [0.05, 0.1) is 12.8 Å². The first kappa shape index (κ1) is 46.5. The maximum absolute atomic E-state index is 12.5. The minimum absolute atomic E-state index is 0.0711. The first-order valence-corrected chi connectivity index (χ1v) is 18.8. The fourth-order valence-electron chi connectivity index (χ4n) is 4.11. The van der Waals surface area contributed by atoms with Gasteiger partial charge in [-0.25, -0.2) is 0 Å². The topological polar surface area (TPSA) is 78.9 Å². The Kier molecular flexibility index (Phi) is 35.0. The van der Waals surface area contributed by atoms with Crippen LogP contribution in [-0.2, 0) is 28.6 Å². The molecule has 0 rings (SSSR count). The second kappa shape index (κ2) is 38.4. The second-order valence-corrected chi connectivity index (χ2v) is 11.5. The fraction of sp³-hybridized carbons (Fsp3) is 0.444. The van der Waals surface area contributed by atoms with E-state index in [0.29, 0.717) is 12.8 Å². The minimum Gasteiger partial charge on any atom is -0.462 e. The summed E-state index contributed by atoms with van der Waals surface area (Å²) in [5.74, 6) is -1.29. The lowest BCUT2D eigenvalue weighted by Gasteiger charge is -2.17. The van der Waals surface area contributed by atoms with Crippen LogP contribution in [0, 0.1) is 0 Å². The van der Waals surface area contributed by atoms with E-state index in [4.69, 9.17) is 14.2 Å². The summed E-state index contributed by atoms with van der Waals surface area (Å²) in [4.78, 5) is 37.2. The van der Waals surface area contributed by atoms with Gasteiger partial charge in [-0.15, -0.1) is 0 Å². The Morgan fingerprint density at radius 2 is 0.863 bits per heavy atom. The van der Waals surface area contributed by atoms with E-state index >= 15 is 0 Å². The third kappa shape index (κ3) is 36.7. The highest BCUT2D eigenvalue weighted by Crippen LogP contribution is 2.07. The van der Waals surface area contributed by atoms with Crippen LogP contribution < -0.4 is 0 Å². The van der Waals surface area contributed by atoms with Crippen molar-refractivity contribution < 1.29 is 28.6 Å². The molecule has 6 heteroatoms. The van der Waals surface area contributed by atoms with Crippen molar-refractivity contribution in [1.82, 2.24) is 0 Å². The molecule has 0 aliphatic rings. The van der Waals surface area contributed by atoms with Crippen molar-refractivity contribution in [3.05, 3.63) is 134 Å². The molecule has 0 amide bonds. The summed E-state index contributed by atoms with van der Waals surface area (Å²) in [6.07, 6.45) is 53.6. The molecule has 0 heterocycles. The molecule has 6 nitrogen and oxygen atoms in total. The monoisotopic (exact) mass is 700 g/mol. The van der Waals surface area contributed by atoms with Crippen molar-refractivity contribution in [2.24, 2.45) is 0 Å². The average Bonchev–Trinajstić information content (AvgIpc) is 3.12. The largest absolute Gasteiger partial charge is 0.462 e. The van der Waals surface area contributed by atoms with Crippen molar-refractivity contribution >= 4 is 17.9 Å². The Morgan fingerprint density at radius 1 is 0.431 bits per heavy atom. The molecule has 0 fully saturated rings. The van der Waals surface area contributed by atoms with Crippen molar-refractivity contribution in [3.63, 3.8) is 0 Å². The van der Waals surface area contributed by atoms with Gasteiger partial charge in [-0.2, -0.15) is 0 Å². The molecule has 280 valence electrons. The standard InChI is InChI=1S/C45H64O6/c1-4-7-10-13-16-19-20-21-22-23-24-27-29-32-35-38-44(47)50-41-42(51-45(48)39-36-33-30-26-18-15-12-9-6-3)40-49-43(46)37-34-31-28-25-17-14-11-8-5-2/h7-13,16-26,31,33-34,36,42H,4-6,14-15,27-30,32,35,37-41H2,1-3H3/b10-7-,11-8-,12-9-,16-13-,20-19-,22-21-,24-23-,25-17-,26-18-,34-31-,36-33-. The van der Waals surface area contributed by atoms with Crippen LogP contribution in [0.3, 0.4) is 0 Å². The third-order valence-electron chi connectivity index (χ3n) is 6.82. The van der Waals surface area contributed by atoms with E-state index in [2.05, 4.69) is 69.4 Å². The van der Waals surface area contributed by atoms with Gasteiger partial charge in [-0.1, -0.05) is 161 Å². The number of esters is 3. The molecule has 0 bridgehead atoms. The zero-order valence-electron chi connectivity index (χ0n) is 31.5. The van der Waals surface area contributed by atoms with Crippen molar-refractivity contribution in [1.29, 1.82) is 0 Å². The smallest absolute Gasteiger partial charge is 0.310 e. The molecule has 51 heavy (non-hydrogen) atoms. The highest BCUT2D eigenvalue weighted by atomic mass is 16.6. The number of carbonyl (C=O) groups is 3. The first-order chi connectivity index (χ1) is 25.0. The van der Waals surface area contributed by atoms with Crippen LogP contribution in [0.25, 0.3) is 0 Å². The molecule has 0 radical (unpaired) electrons. The number of carbonyl (C=O) groups excluding carboxylic acids is 3. The molecule has 0 aromatic heterocycles. The summed E-state index contributed by atoms with van der Waals surface area (Å²) in [6, 6.07) is 0.